The first-order valence-corrected chi connectivity index (χ1v) is 14.6. The molecule has 5 aliphatic rings. The average Bonchev–Trinajstić information content (AvgIpc) is 2.36. The molecule has 0 amide bonds. The van der Waals surface area contributed by atoms with Crippen LogP contribution in [0.1, 0.15) is 38.5 Å². The van der Waals surface area contributed by atoms with Gasteiger partial charge in [0.15, 0.2) is 0 Å². The van der Waals surface area contributed by atoms with E-state index in [1.54, 1.807) is 0 Å². The predicted molar refractivity (Wildman–Crippen MR) is 88.6 cm³/mol. The van der Waals surface area contributed by atoms with Crippen LogP contribution in [0.4, 0.5) is 0 Å². The van der Waals surface area contributed by atoms with Crippen LogP contribution in [0.3, 0.4) is 0 Å². The van der Waals surface area contributed by atoms with Crippen LogP contribution in [0.25, 0.3) is 0 Å². The van der Waals surface area contributed by atoms with Crippen molar-refractivity contribution in [1.29, 1.82) is 0 Å². The van der Waals surface area contributed by atoms with Crippen molar-refractivity contribution >= 4 is 23.7 Å². The van der Waals surface area contributed by atoms with Gasteiger partial charge in [0.1, 0.15) is 0 Å². The molecule has 21 heavy (non-hydrogen) atoms. The SMILES string of the molecule is C[Si](C)(C)O[C]1(C23CC4CC(CC(C4)C2)C3)OC=C[CH2][Ge]1. The van der Waals surface area contributed by atoms with Crippen molar-refractivity contribution in [3.63, 3.8) is 0 Å². The number of rotatable bonds is 3. The Balaban J connectivity index is 1.71. The van der Waals surface area contributed by atoms with Gasteiger partial charge in [-0.25, -0.2) is 0 Å². The van der Waals surface area contributed by atoms with Crippen LogP contribution in [0, 0.1) is 23.2 Å². The summed E-state index contributed by atoms with van der Waals surface area (Å²) < 4.78 is 13.1. The minimum absolute atomic E-state index is 0.178. The number of ether oxygens (including phenoxy) is 1. The Hall–Kier alpha value is 0.260. The van der Waals surface area contributed by atoms with Crippen LogP contribution in [0.5, 0.6) is 0 Å². The predicted octanol–water partition coefficient (Wildman–Crippen LogP) is 4.37. The first-order chi connectivity index (χ1) is 9.90. The molecule has 1 heterocycles. The Kier molecular flexibility index (Phi) is 3.44. The first kappa shape index (κ1) is 14.8. The van der Waals surface area contributed by atoms with E-state index in [0.29, 0.717) is 5.41 Å². The summed E-state index contributed by atoms with van der Waals surface area (Å²) in [7, 11) is -1.60. The van der Waals surface area contributed by atoms with Crippen LogP contribution in [-0.4, -0.2) is 28.4 Å². The van der Waals surface area contributed by atoms with Crippen molar-refractivity contribution < 1.29 is 9.16 Å². The molecule has 1 aliphatic heterocycles. The van der Waals surface area contributed by atoms with E-state index in [4.69, 9.17) is 9.16 Å². The molecule has 4 saturated carbocycles. The fourth-order valence-electron chi connectivity index (χ4n) is 5.85. The van der Waals surface area contributed by atoms with Gasteiger partial charge in [-0.05, 0) is 0 Å². The molecule has 116 valence electrons. The molecular weight excluding hydrogens is 337 g/mol. The van der Waals surface area contributed by atoms with Gasteiger partial charge in [-0.1, -0.05) is 0 Å². The normalized spacial score (nSPS) is 48.4. The van der Waals surface area contributed by atoms with E-state index in [2.05, 4.69) is 25.7 Å². The Morgan fingerprint density at radius 3 is 2.05 bits per heavy atom. The molecule has 2 radical (unpaired) electrons. The van der Waals surface area contributed by atoms with Gasteiger partial charge in [0.2, 0.25) is 0 Å². The summed E-state index contributed by atoms with van der Waals surface area (Å²) in [5, 5.41) is 1.24. The zero-order valence-electron chi connectivity index (χ0n) is 13.7. The zero-order chi connectivity index (χ0) is 14.7. The van der Waals surface area contributed by atoms with Crippen molar-refractivity contribution in [1.82, 2.24) is 0 Å². The van der Waals surface area contributed by atoms with Crippen molar-refractivity contribution in [2.45, 2.75) is 68.0 Å². The molecular formula is C17H28GeO2Si. The van der Waals surface area contributed by atoms with Crippen molar-refractivity contribution in [2.75, 3.05) is 0 Å². The zero-order valence-corrected chi connectivity index (χ0v) is 16.8. The van der Waals surface area contributed by atoms with E-state index in [0.717, 1.165) is 17.8 Å². The van der Waals surface area contributed by atoms with E-state index >= 15 is 0 Å². The number of hydrogen-bond donors (Lipinski definition) is 0. The summed E-state index contributed by atoms with van der Waals surface area (Å²) in [5.41, 5.74) is 0.368. The fourth-order valence-corrected chi connectivity index (χ4v) is 12.2. The second kappa shape index (κ2) is 4.88. The molecule has 0 aromatic carbocycles. The standard InChI is InChI=1S/C17H28GeO2Si/c1-21(2,3)20-17(18-5-4-6-19-17)16-10-13-7-14(11-16)9-15(8-13)12-16/h4,6,13-15H,5,7-12H2,1-3H3. The molecule has 0 saturated heterocycles. The Morgan fingerprint density at radius 2 is 1.62 bits per heavy atom. The summed E-state index contributed by atoms with van der Waals surface area (Å²) in [6, 6.07) is 0. The fraction of sp³-hybridized carbons (Fsp3) is 0.882. The molecule has 5 rings (SSSR count). The summed E-state index contributed by atoms with van der Waals surface area (Å²) in [5.74, 6) is 2.92. The van der Waals surface area contributed by atoms with Crippen LogP contribution >= 0.6 is 0 Å². The third-order valence-corrected chi connectivity index (χ3v) is 10.8. The molecule has 1 atom stereocenters. The molecule has 4 heteroatoms. The van der Waals surface area contributed by atoms with Gasteiger partial charge in [-0.2, -0.15) is 0 Å². The minimum atomic E-state index is -1.60. The molecule has 0 aromatic heterocycles. The van der Waals surface area contributed by atoms with Gasteiger partial charge in [-0.3, -0.25) is 0 Å². The van der Waals surface area contributed by atoms with E-state index < -0.39 is 8.32 Å². The van der Waals surface area contributed by atoms with E-state index in [9.17, 15) is 0 Å². The average molecular weight is 365 g/mol. The maximum atomic E-state index is 6.87. The molecule has 0 N–H and O–H groups in total. The summed E-state index contributed by atoms with van der Waals surface area (Å²) >= 11 is -0.221. The summed E-state index contributed by atoms with van der Waals surface area (Å²) in [6.07, 6.45) is 12.9. The van der Waals surface area contributed by atoms with Gasteiger partial charge in [-0.15, -0.1) is 0 Å². The topological polar surface area (TPSA) is 18.5 Å². The Labute approximate surface area is 136 Å². The van der Waals surface area contributed by atoms with Gasteiger partial charge < -0.3 is 0 Å². The van der Waals surface area contributed by atoms with Gasteiger partial charge in [0, 0.05) is 0 Å². The molecule has 4 aliphatic carbocycles. The maximum absolute atomic E-state index is 6.87. The van der Waals surface area contributed by atoms with Crippen molar-refractivity contribution in [2.24, 2.45) is 23.2 Å². The molecule has 0 aromatic rings. The number of allylic oxidation sites excluding steroid dienone is 1. The van der Waals surface area contributed by atoms with Crippen LogP contribution in [-0.2, 0) is 9.16 Å². The molecule has 2 nitrogen and oxygen atoms in total. The number of hydrogen-bond acceptors (Lipinski definition) is 2. The first-order valence-electron chi connectivity index (χ1n) is 8.68. The van der Waals surface area contributed by atoms with Gasteiger partial charge >= 0.3 is 136 Å². The Morgan fingerprint density at radius 1 is 1.05 bits per heavy atom. The third-order valence-electron chi connectivity index (χ3n) is 5.97. The van der Waals surface area contributed by atoms with E-state index in [-0.39, 0.29) is 20.1 Å². The summed E-state index contributed by atoms with van der Waals surface area (Å²) in [4.78, 5) is 0. The Bertz CT molecular complexity index is 421. The van der Waals surface area contributed by atoms with Crippen LogP contribution < -0.4 is 0 Å². The molecule has 4 fully saturated rings. The summed E-state index contributed by atoms with van der Waals surface area (Å²) in [6.45, 7) is 7.01. The molecule has 0 spiro atoms. The van der Waals surface area contributed by atoms with Crippen LogP contribution in [0.2, 0.25) is 24.9 Å². The second-order valence-electron chi connectivity index (χ2n) is 8.90. The molecule has 4 bridgehead atoms. The van der Waals surface area contributed by atoms with Gasteiger partial charge in [0.25, 0.3) is 0 Å². The van der Waals surface area contributed by atoms with Crippen molar-refractivity contribution in [3.8, 4) is 0 Å². The monoisotopic (exact) mass is 366 g/mol. The van der Waals surface area contributed by atoms with Crippen molar-refractivity contribution in [3.05, 3.63) is 12.3 Å². The second-order valence-corrected chi connectivity index (χ2v) is 16.3. The van der Waals surface area contributed by atoms with Gasteiger partial charge in [0.05, 0.1) is 0 Å². The molecule has 1 unspecified atom stereocenters. The van der Waals surface area contributed by atoms with E-state index in [1.807, 2.05) is 6.26 Å². The quantitative estimate of drug-likeness (QED) is 0.692. The van der Waals surface area contributed by atoms with Crippen LogP contribution in [0.15, 0.2) is 12.3 Å². The van der Waals surface area contributed by atoms with E-state index in [1.165, 1.54) is 43.8 Å². The third kappa shape index (κ3) is 2.47.